The van der Waals surface area contributed by atoms with Gasteiger partial charge in [-0.2, -0.15) is 0 Å². The molecule has 0 aliphatic carbocycles. The van der Waals surface area contributed by atoms with Gasteiger partial charge in [-0.05, 0) is 35.7 Å². The Hall–Kier alpha value is -2.40. The molecule has 2 aromatic rings. The van der Waals surface area contributed by atoms with Crippen LogP contribution in [0.5, 0.6) is 0 Å². The Morgan fingerprint density at radius 3 is 2.48 bits per heavy atom. The number of hydrogen-bond donors (Lipinski definition) is 2. The van der Waals surface area contributed by atoms with Crippen molar-refractivity contribution >= 4 is 22.6 Å². The largest absolute Gasteiger partial charge is 0.369 e. The topological polar surface area (TPSA) is 75.4 Å². The van der Waals surface area contributed by atoms with Gasteiger partial charge in [0.15, 0.2) is 0 Å². The van der Waals surface area contributed by atoms with E-state index in [2.05, 4.69) is 5.32 Å². The Bertz CT molecular complexity index is 721. The Morgan fingerprint density at radius 2 is 1.78 bits per heavy atom. The summed E-state index contributed by atoms with van der Waals surface area (Å²) < 4.78 is 0. The summed E-state index contributed by atoms with van der Waals surface area (Å²) in [5.41, 5.74) is 5.89. The molecule has 0 spiro atoms. The second-order valence-electron chi connectivity index (χ2n) is 6.05. The molecule has 5 nitrogen and oxygen atoms in total. The van der Waals surface area contributed by atoms with Gasteiger partial charge in [0.05, 0.1) is 6.54 Å². The average Bonchev–Trinajstić information content (AvgIpc) is 2.55. The molecule has 0 bridgehead atoms. The van der Waals surface area contributed by atoms with Crippen molar-refractivity contribution in [1.29, 1.82) is 0 Å². The number of hydrogen-bond acceptors (Lipinski definition) is 3. The first-order valence-corrected chi connectivity index (χ1v) is 7.92. The average molecular weight is 311 g/mol. The molecule has 2 amide bonds. The summed E-state index contributed by atoms with van der Waals surface area (Å²) in [5, 5.41) is 5.29. The Morgan fingerprint density at radius 1 is 1.09 bits per heavy atom. The fourth-order valence-electron chi connectivity index (χ4n) is 3.06. The summed E-state index contributed by atoms with van der Waals surface area (Å²) in [6.07, 6.45) is 1.68. The van der Waals surface area contributed by atoms with Crippen molar-refractivity contribution in [3.05, 3.63) is 48.0 Å². The minimum atomic E-state index is -0.302. The number of carbonyl (C=O) groups excluding carboxylic acids is 2. The van der Waals surface area contributed by atoms with E-state index in [9.17, 15) is 9.59 Å². The van der Waals surface area contributed by atoms with Gasteiger partial charge in [-0.3, -0.25) is 14.5 Å². The van der Waals surface area contributed by atoms with E-state index in [1.54, 1.807) is 0 Å². The summed E-state index contributed by atoms with van der Waals surface area (Å²) in [5.74, 6) is -0.340. The number of piperidine rings is 1. The van der Waals surface area contributed by atoms with E-state index < -0.39 is 0 Å². The third kappa shape index (κ3) is 3.87. The zero-order valence-electron chi connectivity index (χ0n) is 13.0. The Labute approximate surface area is 135 Å². The fourth-order valence-corrected chi connectivity index (χ4v) is 3.06. The number of nitrogens with two attached hydrogens (primary N) is 1. The van der Waals surface area contributed by atoms with Crippen LogP contribution in [0.2, 0.25) is 0 Å². The zero-order valence-corrected chi connectivity index (χ0v) is 13.0. The van der Waals surface area contributed by atoms with E-state index in [1.165, 1.54) is 0 Å². The number of nitrogens with zero attached hydrogens (tertiary/aromatic N) is 1. The smallest absolute Gasteiger partial charge is 0.251 e. The molecule has 5 heteroatoms. The van der Waals surface area contributed by atoms with Crippen molar-refractivity contribution < 1.29 is 9.59 Å². The van der Waals surface area contributed by atoms with Gasteiger partial charge >= 0.3 is 0 Å². The SMILES string of the molecule is NC(=O)CN1CCC(NC(=O)c2ccc3ccccc3c2)CC1. The van der Waals surface area contributed by atoms with Crippen molar-refractivity contribution in [2.24, 2.45) is 5.73 Å². The van der Waals surface area contributed by atoms with E-state index in [4.69, 9.17) is 5.73 Å². The van der Waals surface area contributed by atoms with Gasteiger partial charge in [0, 0.05) is 24.7 Å². The summed E-state index contributed by atoms with van der Waals surface area (Å²) in [6.45, 7) is 1.86. The van der Waals surface area contributed by atoms with Crippen LogP contribution in [-0.2, 0) is 4.79 Å². The molecule has 2 aromatic carbocycles. The van der Waals surface area contributed by atoms with Crippen molar-refractivity contribution in [2.75, 3.05) is 19.6 Å². The van der Waals surface area contributed by atoms with Crippen molar-refractivity contribution in [3.63, 3.8) is 0 Å². The Balaban J connectivity index is 1.59. The van der Waals surface area contributed by atoms with Crippen LogP contribution in [0.4, 0.5) is 0 Å². The molecule has 1 fully saturated rings. The van der Waals surface area contributed by atoms with Gasteiger partial charge < -0.3 is 11.1 Å². The first-order valence-electron chi connectivity index (χ1n) is 7.92. The number of nitrogens with one attached hydrogen (secondary N) is 1. The minimum absolute atomic E-state index is 0.0379. The van der Waals surface area contributed by atoms with Crippen LogP contribution in [0.1, 0.15) is 23.2 Å². The van der Waals surface area contributed by atoms with Crippen molar-refractivity contribution in [2.45, 2.75) is 18.9 Å². The first-order chi connectivity index (χ1) is 11.1. The number of rotatable bonds is 4. The van der Waals surface area contributed by atoms with E-state index in [1.807, 2.05) is 47.4 Å². The summed E-state index contributed by atoms with van der Waals surface area (Å²) in [4.78, 5) is 25.4. The summed E-state index contributed by atoms with van der Waals surface area (Å²) in [6, 6.07) is 13.9. The van der Waals surface area contributed by atoms with Crippen LogP contribution >= 0.6 is 0 Å². The molecule has 0 aromatic heterocycles. The van der Waals surface area contributed by atoms with Crippen LogP contribution in [-0.4, -0.2) is 42.4 Å². The van der Waals surface area contributed by atoms with E-state index in [0.29, 0.717) is 12.1 Å². The lowest BCUT2D eigenvalue weighted by Gasteiger charge is -2.31. The molecule has 1 saturated heterocycles. The maximum atomic E-state index is 12.4. The van der Waals surface area contributed by atoms with E-state index in [0.717, 1.165) is 36.7 Å². The van der Waals surface area contributed by atoms with Crippen LogP contribution in [0.15, 0.2) is 42.5 Å². The fraction of sp³-hybridized carbons (Fsp3) is 0.333. The molecule has 0 radical (unpaired) electrons. The molecule has 0 atom stereocenters. The maximum Gasteiger partial charge on any atom is 0.251 e. The van der Waals surface area contributed by atoms with Crippen LogP contribution in [0, 0.1) is 0 Å². The molecule has 23 heavy (non-hydrogen) atoms. The lowest BCUT2D eigenvalue weighted by Crippen LogP contribution is -2.46. The molecule has 3 rings (SSSR count). The van der Waals surface area contributed by atoms with Gasteiger partial charge in [-0.25, -0.2) is 0 Å². The zero-order chi connectivity index (χ0) is 16.2. The molecule has 1 aliphatic rings. The molecular formula is C18H21N3O2. The first kappa shape index (κ1) is 15.5. The van der Waals surface area contributed by atoms with Gasteiger partial charge in [0.1, 0.15) is 0 Å². The molecule has 3 N–H and O–H groups in total. The summed E-state index contributed by atoms with van der Waals surface area (Å²) in [7, 11) is 0. The lowest BCUT2D eigenvalue weighted by molar-refractivity contribution is -0.119. The van der Waals surface area contributed by atoms with Crippen LogP contribution in [0.3, 0.4) is 0 Å². The molecule has 1 aliphatic heterocycles. The lowest BCUT2D eigenvalue weighted by atomic mass is 10.0. The van der Waals surface area contributed by atoms with Gasteiger partial charge in [0.2, 0.25) is 5.91 Å². The van der Waals surface area contributed by atoms with Crippen LogP contribution in [0.25, 0.3) is 10.8 Å². The normalized spacial score (nSPS) is 16.3. The third-order valence-corrected chi connectivity index (χ3v) is 4.31. The van der Waals surface area contributed by atoms with E-state index >= 15 is 0 Å². The number of likely N-dealkylation sites (tertiary alicyclic amines) is 1. The van der Waals surface area contributed by atoms with E-state index in [-0.39, 0.29) is 17.9 Å². The number of primary amides is 1. The predicted octanol–water partition coefficient (Wildman–Crippen LogP) is 1.52. The van der Waals surface area contributed by atoms with Gasteiger partial charge in [-0.15, -0.1) is 0 Å². The highest BCUT2D eigenvalue weighted by Gasteiger charge is 2.21. The molecule has 1 heterocycles. The quantitative estimate of drug-likeness (QED) is 0.899. The standard InChI is InChI=1S/C18H21N3O2/c19-17(22)12-21-9-7-16(8-10-21)20-18(23)15-6-5-13-3-1-2-4-14(13)11-15/h1-6,11,16H,7-10,12H2,(H2,19,22)(H,20,23). The van der Waals surface area contributed by atoms with Gasteiger partial charge in [-0.1, -0.05) is 30.3 Å². The highest BCUT2D eigenvalue weighted by molar-refractivity contribution is 5.98. The second kappa shape index (κ2) is 6.79. The highest BCUT2D eigenvalue weighted by atomic mass is 16.2. The number of carbonyl (C=O) groups is 2. The monoisotopic (exact) mass is 311 g/mol. The Kier molecular flexibility index (Phi) is 4.57. The third-order valence-electron chi connectivity index (χ3n) is 4.31. The number of fused-ring (bicyclic) bond motifs is 1. The predicted molar refractivity (Wildman–Crippen MR) is 90.1 cm³/mol. The number of amides is 2. The minimum Gasteiger partial charge on any atom is -0.369 e. The van der Waals surface area contributed by atoms with Crippen molar-refractivity contribution in [1.82, 2.24) is 10.2 Å². The highest BCUT2D eigenvalue weighted by Crippen LogP contribution is 2.16. The van der Waals surface area contributed by atoms with Crippen LogP contribution < -0.4 is 11.1 Å². The summed E-state index contributed by atoms with van der Waals surface area (Å²) >= 11 is 0. The molecule has 120 valence electrons. The molecular weight excluding hydrogens is 290 g/mol. The van der Waals surface area contributed by atoms with Gasteiger partial charge in [0.25, 0.3) is 5.91 Å². The second-order valence-corrected chi connectivity index (χ2v) is 6.05. The maximum absolute atomic E-state index is 12.4. The molecule has 0 saturated carbocycles. The molecule has 0 unspecified atom stereocenters. The number of benzene rings is 2. The van der Waals surface area contributed by atoms with Crippen molar-refractivity contribution in [3.8, 4) is 0 Å².